The molecular formula is C19H20N2O5. The van der Waals surface area contributed by atoms with Gasteiger partial charge in [0.2, 0.25) is 5.91 Å². The Morgan fingerprint density at radius 2 is 1.58 bits per heavy atom. The van der Waals surface area contributed by atoms with E-state index < -0.39 is 18.5 Å². The molecule has 0 unspecified atom stereocenters. The van der Waals surface area contributed by atoms with Gasteiger partial charge in [-0.3, -0.25) is 9.59 Å². The van der Waals surface area contributed by atoms with Gasteiger partial charge in [-0.15, -0.1) is 0 Å². The number of carbonyl (C=O) groups is 3. The predicted octanol–water partition coefficient (Wildman–Crippen LogP) is 2.76. The van der Waals surface area contributed by atoms with Crippen LogP contribution < -0.4 is 15.4 Å². The molecule has 0 heterocycles. The number of methoxy groups -OCH3 is 1. The Labute approximate surface area is 151 Å². The number of rotatable bonds is 6. The summed E-state index contributed by atoms with van der Waals surface area (Å²) in [6.45, 7) is 2.86. The van der Waals surface area contributed by atoms with E-state index in [1.807, 2.05) is 6.92 Å². The summed E-state index contributed by atoms with van der Waals surface area (Å²) in [5, 5.41) is 5.23. The van der Waals surface area contributed by atoms with Crippen molar-refractivity contribution in [1.82, 2.24) is 0 Å². The van der Waals surface area contributed by atoms with E-state index in [1.54, 1.807) is 42.5 Å². The summed E-state index contributed by atoms with van der Waals surface area (Å²) in [6, 6.07) is 11.5. The number of ether oxygens (including phenoxy) is 2. The van der Waals surface area contributed by atoms with Gasteiger partial charge in [-0.25, -0.2) is 4.79 Å². The fourth-order valence-corrected chi connectivity index (χ4v) is 2.20. The molecule has 2 aromatic carbocycles. The number of benzene rings is 2. The van der Waals surface area contributed by atoms with Crippen LogP contribution in [-0.2, 0) is 14.3 Å². The molecule has 0 aliphatic heterocycles. The third-order valence-corrected chi connectivity index (χ3v) is 3.47. The van der Waals surface area contributed by atoms with Crippen LogP contribution in [0, 0.1) is 6.92 Å². The Balaban J connectivity index is 1.88. The number of aryl methyl sites for hydroxylation is 1. The minimum atomic E-state index is -0.612. The molecule has 0 aliphatic carbocycles. The average Bonchev–Trinajstić information content (AvgIpc) is 2.61. The van der Waals surface area contributed by atoms with E-state index in [0.29, 0.717) is 22.7 Å². The second-order valence-corrected chi connectivity index (χ2v) is 5.57. The summed E-state index contributed by atoms with van der Waals surface area (Å²) in [7, 11) is 1.52. The van der Waals surface area contributed by atoms with Crippen LogP contribution in [0.4, 0.5) is 11.4 Å². The lowest BCUT2D eigenvalue weighted by Gasteiger charge is -2.09. The first-order valence-electron chi connectivity index (χ1n) is 7.88. The van der Waals surface area contributed by atoms with Gasteiger partial charge >= 0.3 is 5.97 Å². The first-order chi connectivity index (χ1) is 12.4. The lowest BCUT2D eigenvalue weighted by molar-refractivity contribution is -0.119. The van der Waals surface area contributed by atoms with Crippen LogP contribution in [0.2, 0.25) is 0 Å². The highest BCUT2D eigenvalue weighted by Crippen LogP contribution is 2.19. The van der Waals surface area contributed by atoms with Crippen LogP contribution in [0.5, 0.6) is 5.75 Å². The van der Waals surface area contributed by atoms with Crippen LogP contribution >= 0.6 is 0 Å². The summed E-state index contributed by atoms with van der Waals surface area (Å²) in [4.78, 5) is 34.9. The molecule has 7 heteroatoms. The molecule has 2 rings (SSSR count). The zero-order valence-corrected chi connectivity index (χ0v) is 14.8. The molecule has 0 atom stereocenters. The minimum Gasteiger partial charge on any atom is -0.496 e. The first-order valence-corrected chi connectivity index (χ1v) is 7.88. The highest BCUT2D eigenvalue weighted by Gasteiger charge is 2.12. The SMILES string of the molecule is COc1cc(C(=O)OCC(=O)Nc2ccc(NC(C)=O)cc2)ccc1C. The van der Waals surface area contributed by atoms with Gasteiger partial charge in [0.25, 0.3) is 5.91 Å². The average molecular weight is 356 g/mol. The summed E-state index contributed by atoms with van der Waals surface area (Å²) in [6.07, 6.45) is 0. The quantitative estimate of drug-likeness (QED) is 0.776. The van der Waals surface area contributed by atoms with Gasteiger partial charge < -0.3 is 20.1 Å². The van der Waals surface area contributed by atoms with Gasteiger partial charge in [0.05, 0.1) is 12.7 Å². The van der Waals surface area contributed by atoms with Crippen molar-refractivity contribution in [2.24, 2.45) is 0 Å². The molecule has 2 aromatic rings. The zero-order valence-electron chi connectivity index (χ0n) is 14.8. The van der Waals surface area contributed by atoms with Crippen molar-refractivity contribution in [2.45, 2.75) is 13.8 Å². The van der Waals surface area contributed by atoms with Crippen molar-refractivity contribution >= 4 is 29.2 Å². The Bertz CT molecular complexity index is 815. The highest BCUT2D eigenvalue weighted by atomic mass is 16.5. The van der Waals surface area contributed by atoms with Gasteiger partial charge in [-0.2, -0.15) is 0 Å². The van der Waals surface area contributed by atoms with Crippen LogP contribution in [-0.4, -0.2) is 31.5 Å². The summed E-state index contributed by atoms with van der Waals surface area (Å²) in [5.41, 5.74) is 2.34. The van der Waals surface area contributed by atoms with Gasteiger partial charge in [-0.1, -0.05) is 6.07 Å². The van der Waals surface area contributed by atoms with E-state index in [0.717, 1.165) is 5.56 Å². The molecule has 0 bridgehead atoms. The van der Waals surface area contributed by atoms with E-state index >= 15 is 0 Å². The Kier molecular flexibility index (Phi) is 6.32. The Hall–Kier alpha value is -3.35. The van der Waals surface area contributed by atoms with Crippen molar-refractivity contribution in [3.8, 4) is 5.75 Å². The molecule has 0 spiro atoms. The van der Waals surface area contributed by atoms with Gasteiger partial charge in [0, 0.05) is 18.3 Å². The fraction of sp³-hybridized carbons (Fsp3) is 0.211. The molecule has 0 aliphatic rings. The molecule has 26 heavy (non-hydrogen) atoms. The molecule has 7 nitrogen and oxygen atoms in total. The van der Waals surface area contributed by atoms with Crippen LogP contribution in [0.1, 0.15) is 22.8 Å². The van der Waals surface area contributed by atoms with Crippen molar-refractivity contribution in [1.29, 1.82) is 0 Å². The lowest BCUT2D eigenvalue weighted by Crippen LogP contribution is -2.21. The molecule has 0 saturated carbocycles. The topological polar surface area (TPSA) is 93.7 Å². The maximum atomic E-state index is 12.0. The number of hydrogen-bond acceptors (Lipinski definition) is 5. The molecule has 0 aromatic heterocycles. The molecule has 136 valence electrons. The van der Waals surface area contributed by atoms with Gasteiger partial charge in [-0.05, 0) is 48.9 Å². The number of esters is 1. The van der Waals surface area contributed by atoms with Crippen molar-refractivity contribution in [3.05, 3.63) is 53.6 Å². The third kappa shape index (κ3) is 5.34. The molecule has 0 saturated heterocycles. The van der Waals surface area contributed by atoms with E-state index in [9.17, 15) is 14.4 Å². The van der Waals surface area contributed by atoms with Crippen LogP contribution in [0.25, 0.3) is 0 Å². The fourth-order valence-electron chi connectivity index (χ4n) is 2.20. The summed E-state index contributed by atoms with van der Waals surface area (Å²) >= 11 is 0. The Morgan fingerprint density at radius 1 is 0.962 bits per heavy atom. The number of carbonyl (C=O) groups excluding carboxylic acids is 3. The molecule has 0 radical (unpaired) electrons. The third-order valence-electron chi connectivity index (χ3n) is 3.47. The summed E-state index contributed by atoms with van der Waals surface area (Å²) < 4.78 is 10.2. The standard InChI is InChI=1S/C19H20N2O5/c1-12-4-5-14(10-17(12)25-3)19(24)26-11-18(23)21-16-8-6-15(7-9-16)20-13(2)22/h4-10H,11H2,1-3H3,(H,20,22)(H,21,23). The number of amides is 2. The lowest BCUT2D eigenvalue weighted by atomic mass is 10.1. The molecule has 0 fully saturated rings. The number of anilines is 2. The Morgan fingerprint density at radius 3 is 2.15 bits per heavy atom. The van der Waals surface area contributed by atoms with E-state index in [4.69, 9.17) is 9.47 Å². The monoisotopic (exact) mass is 356 g/mol. The second kappa shape index (κ2) is 8.66. The van der Waals surface area contributed by atoms with Gasteiger partial charge in [0.15, 0.2) is 6.61 Å². The number of nitrogens with one attached hydrogen (secondary N) is 2. The maximum absolute atomic E-state index is 12.0. The van der Waals surface area contributed by atoms with Crippen LogP contribution in [0.3, 0.4) is 0 Å². The molecule has 2 amide bonds. The van der Waals surface area contributed by atoms with Gasteiger partial charge in [0.1, 0.15) is 5.75 Å². The van der Waals surface area contributed by atoms with E-state index in [1.165, 1.54) is 14.0 Å². The van der Waals surface area contributed by atoms with E-state index in [2.05, 4.69) is 10.6 Å². The highest BCUT2D eigenvalue weighted by molar-refractivity contribution is 5.96. The first kappa shape index (κ1) is 19.0. The normalized spacial score (nSPS) is 9.96. The van der Waals surface area contributed by atoms with Crippen molar-refractivity contribution in [3.63, 3.8) is 0 Å². The van der Waals surface area contributed by atoms with Crippen molar-refractivity contribution in [2.75, 3.05) is 24.4 Å². The molecular weight excluding hydrogens is 336 g/mol. The molecule has 2 N–H and O–H groups in total. The van der Waals surface area contributed by atoms with E-state index in [-0.39, 0.29) is 5.91 Å². The van der Waals surface area contributed by atoms with Crippen molar-refractivity contribution < 1.29 is 23.9 Å². The second-order valence-electron chi connectivity index (χ2n) is 5.57. The largest absolute Gasteiger partial charge is 0.496 e. The van der Waals surface area contributed by atoms with Crippen LogP contribution in [0.15, 0.2) is 42.5 Å². The summed E-state index contributed by atoms with van der Waals surface area (Å²) in [5.74, 6) is -0.686. The number of hydrogen-bond donors (Lipinski definition) is 2. The predicted molar refractivity (Wildman–Crippen MR) is 97.4 cm³/mol. The minimum absolute atomic E-state index is 0.179. The maximum Gasteiger partial charge on any atom is 0.338 e. The zero-order chi connectivity index (χ0) is 19.1. The smallest absolute Gasteiger partial charge is 0.338 e.